The molecule has 0 saturated carbocycles. The molecule has 0 spiro atoms. The van der Waals surface area contributed by atoms with E-state index in [9.17, 15) is 0 Å². The van der Waals surface area contributed by atoms with Gasteiger partial charge in [-0.15, -0.1) is 5.10 Å². The third-order valence-corrected chi connectivity index (χ3v) is 2.82. The molecule has 5 heteroatoms. The molecule has 0 saturated heterocycles. The average molecular weight is 251 g/mol. The Morgan fingerprint density at radius 1 is 1.29 bits per heavy atom. The summed E-state index contributed by atoms with van der Waals surface area (Å²) in [5, 5.41) is 8.96. The highest BCUT2D eigenvalue weighted by molar-refractivity contribution is 6.30. The van der Waals surface area contributed by atoms with Crippen molar-refractivity contribution in [2.45, 2.75) is 26.4 Å². The van der Waals surface area contributed by atoms with Crippen LogP contribution in [0.4, 0.5) is 0 Å². The van der Waals surface area contributed by atoms with E-state index in [0.717, 1.165) is 17.0 Å². The Morgan fingerprint density at radius 3 is 2.47 bits per heavy atom. The van der Waals surface area contributed by atoms with Crippen LogP contribution in [-0.4, -0.2) is 15.0 Å². The van der Waals surface area contributed by atoms with Gasteiger partial charge < -0.3 is 5.73 Å². The molecule has 0 radical (unpaired) electrons. The van der Waals surface area contributed by atoms with Crippen LogP contribution in [0.25, 0.3) is 11.3 Å². The van der Waals surface area contributed by atoms with Gasteiger partial charge in [-0.05, 0) is 26.0 Å². The summed E-state index contributed by atoms with van der Waals surface area (Å²) >= 11 is 5.89. The standard InChI is InChI=1S/C12H15ClN4/c1-8(2)17-12(11(7-14)15-16-17)9-3-5-10(13)6-4-9/h3-6,8H,7,14H2,1-2H3. The minimum absolute atomic E-state index is 0.244. The second kappa shape index (κ2) is 4.85. The van der Waals surface area contributed by atoms with Crippen LogP contribution in [0.2, 0.25) is 5.02 Å². The molecule has 0 aliphatic heterocycles. The Balaban J connectivity index is 2.55. The predicted molar refractivity (Wildman–Crippen MR) is 68.7 cm³/mol. The zero-order valence-electron chi connectivity index (χ0n) is 9.89. The quantitative estimate of drug-likeness (QED) is 0.911. The fraction of sp³-hybridized carbons (Fsp3) is 0.333. The van der Waals surface area contributed by atoms with Crippen LogP contribution in [0.15, 0.2) is 24.3 Å². The van der Waals surface area contributed by atoms with Crippen LogP contribution < -0.4 is 5.73 Å². The van der Waals surface area contributed by atoms with Crippen molar-refractivity contribution in [2.75, 3.05) is 0 Å². The molecule has 2 rings (SSSR count). The topological polar surface area (TPSA) is 56.7 Å². The number of nitrogens with zero attached hydrogens (tertiary/aromatic N) is 3. The molecule has 1 heterocycles. The lowest BCUT2D eigenvalue weighted by Gasteiger charge is -2.10. The van der Waals surface area contributed by atoms with Crippen molar-refractivity contribution >= 4 is 11.6 Å². The Bertz CT molecular complexity index is 502. The number of nitrogens with two attached hydrogens (primary N) is 1. The van der Waals surface area contributed by atoms with Gasteiger partial charge in [-0.1, -0.05) is 28.9 Å². The average Bonchev–Trinajstić information content (AvgIpc) is 2.73. The molecule has 0 fully saturated rings. The highest BCUT2D eigenvalue weighted by Gasteiger charge is 2.15. The van der Waals surface area contributed by atoms with E-state index in [1.165, 1.54) is 0 Å². The molecule has 1 aromatic heterocycles. The molecule has 0 bridgehead atoms. The second-order valence-corrected chi connectivity index (χ2v) is 4.57. The summed E-state index contributed by atoms with van der Waals surface area (Å²) in [5.74, 6) is 0. The maximum atomic E-state index is 5.89. The molecule has 0 atom stereocenters. The lowest BCUT2D eigenvalue weighted by Crippen LogP contribution is -2.06. The number of halogens is 1. The van der Waals surface area contributed by atoms with Gasteiger partial charge in [-0.25, -0.2) is 4.68 Å². The van der Waals surface area contributed by atoms with E-state index >= 15 is 0 Å². The van der Waals surface area contributed by atoms with Crippen LogP contribution in [0.1, 0.15) is 25.6 Å². The summed E-state index contributed by atoms with van der Waals surface area (Å²) in [6.07, 6.45) is 0. The van der Waals surface area contributed by atoms with Crippen molar-refractivity contribution in [3.63, 3.8) is 0 Å². The SMILES string of the molecule is CC(C)n1nnc(CN)c1-c1ccc(Cl)cc1. The van der Waals surface area contributed by atoms with E-state index in [4.69, 9.17) is 17.3 Å². The highest BCUT2D eigenvalue weighted by atomic mass is 35.5. The van der Waals surface area contributed by atoms with Crippen LogP contribution >= 0.6 is 11.6 Å². The van der Waals surface area contributed by atoms with Gasteiger partial charge in [-0.3, -0.25) is 0 Å². The van der Waals surface area contributed by atoms with Crippen LogP contribution in [0.5, 0.6) is 0 Å². The van der Waals surface area contributed by atoms with Gasteiger partial charge in [0.15, 0.2) is 0 Å². The number of benzene rings is 1. The maximum absolute atomic E-state index is 5.89. The summed E-state index contributed by atoms with van der Waals surface area (Å²) in [6, 6.07) is 7.87. The Labute approximate surface area is 105 Å². The number of aromatic nitrogens is 3. The number of hydrogen-bond donors (Lipinski definition) is 1. The summed E-state index contributed by atoms with van der Waals surface area (Å²) < 4.78 is 1.88. The fourth-order valence-corrected chi connectivity index (χ4v) is 1.86. The molecule has 0 amide bonds. The van der Waals surface area contributed by atoms with Gasteiger partial charge in [0, 0.05) is 23.2 Å². The first kappa shape index (κ1) is 12.1. The van der Waals surface area contributed by atoms with E-state index in [1.54, 1.807) is 0 Å². The molecule has 0 aliphatic rings. The number of rotatable bonds is 3. The molecule has 0 unspecified atom stereocenters. The highest BCUT2D eigenvalue weighted by Crippen LogP contribution is 2.25. The largest absolute Gasteiger partial charge is 0.325 e. The van der Waals surface area contributed by atoms with Gasteiger partial charge in [0.25, 0.3) is 0 Å². The third-order valence-electron chi connectivity index (χ3n) is 2.56. The molecule has 2 aromatic rings. The summed E-state index contributed by atoms with van der Waals surface area (Å²) in [6.45, 7) is 4.51. The molecular formula is C12H15ClN4. The van der Waals surface area contributed by atoms with Crippen LogP contribution in [0, 0.1) is 0 Å². The van der Waals surface area contributed by atoms with Crippen molar-refractivity contribution in [1.82, 2.24) is 15.0 Å². The van der Waals surface area contributed by atoms with E-state index in [-0.39, 0.29) is 6.04 Å². The van der Waals surface area contributed by atoms with Crippen LogP contribution in [0.3, 0.4) is 0 Å². The lowest BCUT2D eigenvalue weighted by molar-refractivity contribution is 0.519. The van der Waals surface area contributed by atoms with Crippen molar-refractivity contribution in [3.8, 4) is 11.3 Å². The van der Waals surface area contributed by atoms with Gasteiger partial charge in [0.2, 0.25) is 0 Å². The first-order chi connectivity index (χ1) is 8.13. The molecule has 2 N–H and O–H groups in total. The van der Waals surface area contributed by atoms with E-state index in [1.807, 2.05) is 28.9 Å². The van der Waals surface area contributed by atoms with Crippen LogP contribution in [-0.2, 0) is 6.54 Å². The zero-order chi connectivity index (χ0) is 12.4. The Kier molecular flexibility index (Phi) is 3.45. The summed E-state index contributed by atoms with van der Waals surface area (Å²) in [5.41, 5.74) is 8.50. The molecule has 4 nitrogen and oxygen atoms in total. The second-order valence-electron chi connectivity index (χ2n) is 4.13. The van der Waals surface area contributed by atoms with Gasteiger partial charge in [0.1, 0.15) is 5.69 Å². The maximum Gasteiger partial charge on any atom is 0.104 e. The van der Waals surface area contributed by atoms with Gasteiger partial charge in [0.05, 0.1) is 5.69 Å². The van der Waals surface area contributed by atoms with Gasteiger partial charge in [-0.2, -0.15) is 0 Å². The molecule has 1 aromatic carbocycles. The number of hydrogen-bond acceptors (Lipinski definition) is 3. The molecule has 90 valence electrons. The van der Waals surface area contributed by atoms with E-state index in [0.29, 0.717) is 11.6 Å². The lowest BCUT2D eigenvalue weighted by atomic mass is 10.1. The Hall–Kier alpha value is -1.39. The predicted octanol–water partition coefficient (Wildman–Crippen LogP) is 2.64. The minimum atomic E-state index is 0.244. The first-order valence-electron chi connectivity index (χ1n) is 5.53. The minimum Gasteiger partial charge on any atom is -0.325 e. The molecular weight excluding hydrogens is 236 g/mol. The fourth-order valence-electron chi connectivity index (χ4n) is 1.73. The van der Waals surface area contributed by atoms with Crippen molar-refractivity contribution < 1.29 is 0 Å². The third kappa shape index (κ3) is 2.33. The van der Waals surface area contributed by atoms with Gasteiger partial charge >= 0.3 is 0 Å². The van der Waals surface area contributed by atoms with E-state index in [2.05, 4.69) is 24.2 Å². The molecule has 17 heavy (non-hydrogen) atoms. The Morgan fingerprint density at radius 2 is 1.94 bits per heavy atom. The van der Waals surface area contributed by atoms with Crippen molar-refractivity contribution in [1.29, 1.82) is 0 Å². The van der Waals surface area contributed by atoms with E-state index < -0.39 is 0 Å². The monoisotopic (exact) mass is 250 g/mol. The smallest absolute Gasteiger partial charge is 0.104 e. The molecule has 0 aliphatic carbocycles. The summed E-state index contributed by atoms with van der Waals surface area (Å²) in [7, 11) is 0. The summed E-state index contributed by atoms with van der Waals surface area (Å²) in [4.78, 5) is 0. The first-order valence-corrected chi connectivity index (χ1v) is 5.91. The van der Waals surface area contributed by atoms with Crippen molar-refractivity contribution in [3.05, 3.63) is 35.0 Å². The normalized spacial score (nSPS) is 11.1. The van der Waals surface area contributed by atoms with Crippen molar-refractivity contribution in [2.24, 2.45) is 5.73 Å². The zero-order valence-corrected chi connectivity index (χ0v) is 10.6.